The second-order valence-corrected chi connectivity index (χ2v) is 5.00. The first-order valence-corrected chi connectivity index (χ1v) is 6.81. The summed E-state index contributed by atoms with van der Waals surface area (Å²) in [6, 6.07) is 13.1. The van der Waals surface area contributed by atoms with E-state index in [-0.39, 0.29) is 17.5 Å². The number of aromatic hydroxyl groups is 1. The Morgan fingerprint density at radius 3 is 2.48 bits per heavy atom. The summed E-state index contributed by atoms with van der Waals surface area (Å²) in [4.78, 5) is 13.7. The fourth-order valence-electron chi connectivity index (χ4n) is 2.11. The number of carbonyl (C=O) groups is 1. The van der Waals surface area contributed by atoms with Gasteiger partial charge in [-0.2, -0.15) is 0 Å². The van der Waals surface area contributed by atoms with Crippen LogP contribution in [-0.2, 0) is 17.8 Å². The maximum atomic E-state index is 12.8. The molecule has 21 heavy (non-hydrogen) atoms. The maximum Gasteiger partial charge on any atom is 0.222 e. The van der Waals surface area contributed by atoms with Crippen molar-refractivity contribution < 1.29 is 14.3 Å². The third-order valence-corrected chi connectivity index (χ3v) is 3.36. The van der Waals surface area contributed by atoms with E-state index in [2.05, 4.69) is 0 Å². The summed E-state index contributed by atoms with van der Waals surface area (Å²) in [5, 5.41) is 9.66. The summed E-state index contributed by atoms with van der Waals surface area (Å²) >= 11 is 0. The van der Waals surface area contributed by atoms with Gasteiger partial charge in [-0.25, -0.2) is 4.39 Å². The molecule has 4 heteroatoms. The van der Waals surface area contributed by atoms with E-state index in [0.29, 0.717) is 19.4 Å². The lowest BCUT2D eigenvalue weighted by molar-refractivity contribution is -0.130. The molecule has 0 aliphatic rings. The molecule has 0 unspecified atom stereocenters. The van der Waals surface area contributed by atoms with Gasteiger partial charge in [-0.15, -0.1) is 0 Å². The van der Waals surface area contributed by atoms with Gasteiger partial charge in [0.2, 0.25) is 5.91 Å². The fraction of sp³-hybridized carbons (Fsp3) is 0.235. The molecule has 0 heterocycles. The SMILES string of the molecule is CN(Cc1ccc(F)cc1)C(=O)CCc1ccccc1O. The summed E-state index contributed by atoms with van der Waals surface area (Å²) < 4.78 is 12.8. The fourth-order valence-corrected chi connectivity index (χ4v) is 2.11. The number of halogens is 1. The van der Waals surface area contributed by atoms with Crippen LogP contribution in [0, 0.1) is 5.82 Å². The molecule has 0 fully saturated rings. The maximum absolute atomic E-state index is 12.8. The van der Waals surface area contributed by atoms with Gasteiger partial charge in [0.25, 0.3) is 0 Å². The molecule has 0 spiro atoms. The molecule has 0 aliphatic carbocycles. The molecule has 2 rings (SSSR count). The molecule has 0 aromatic heterocycles. The molecular weight excluding hydrogens is 269 g/mol. The van der Waals surface area contributed by atoms with Gasteiger partial charge in [0.1, 0.15) is 11.6 Å². The smallest absolute Gasteiger partial charge is 0.222 e. The summed E-state index contributed by atoms with van der Waals surface area (Å²) in [6.07, 6.45) is 0.828. The van der Waals surface area contributed by atoms with Crippen LogP contribution in [0.2, 0.25) is 0 Å². The number of amides is 1. The van der Waals surface area contributed by atoms with Crippen LogP contribution in [0.3, 0.4) is 0 Å². The van der Waals surface area contributed by atoms with Crippen molar-refractivity contribution in [1.82, 2.24) is 4.90 Å². The van der Waals surface area contributed by atoms with Crippen molar-refractivity contribution >= 4 is 5.91 Å². The monoisotopic (exact) mass is 287 g/mol. The van der Waals surface area contributed by atoms with E-state index >= 15 is 0 Å². The molecular formula is C17H18FNO2. The second kappa shape index (κ2) is 6.88. The summed E-state index contributed by atoms with van der Waals surface area (Å²) in [5.41, 5.74) is 1.65. The van der Waals surface area contributed by atoms with Crippen LogP contribution in [0.1, 0.15) is 17.5 Å². The molecule has 2 aromatic rings. The summed E-state index contributed by atoms with van der Waals surface area (Å²) in [7, 11) is 1.72. The number of carbonyl (C=O) groups excluding carboxylic acids is 1. The van der Waals surface area contributed by atoms with E-state index < -0.39 is 0 Å². The van der Waals surface area contributed by atoms with Crippen molar-refractivity contribution in [2.24, 2.45) is 0 Å². The van der Waals surface area contributed by atoms with Crippen LogP contribution in [0.4, 0.5) is 4.39 Å². The summed E-state index contributed by atoms with van der Waals surface area (Å²) in [6.45, 7) is 0.444. The largest absolute Gasteiger partial charge is 0.508 e. The van der Waals surface area contributed by atoms with Crippen molar-refractivity contribution in [2.45, 2.75) is 19.4 Å². The zero-order valence-electron chi connectivity index (χ0n) is 11.9. The van der Waals surface area contributed by atoms with E-state index in [0.717, 1.165) is 11.1 Å². The van der Waals surface area contributed by atoms with Crippen LogP contribution < -0.4 is 0 Å². The molecule has 0 atom stereocenters. The average molecular weight is 287 g/mol. The number of aryl methyl sites for hydroxylation is 1. The van der Waals surface area contributed by atoms with Gasteiger partial charge in [0, 0.05) is 20.0 Å². The molecule has 1 amide bonds. The van der Waals surface area contributed by atoms with Crippen LogP contribution in [0.5, 0.6) is 5.75 Å². The molecule has 0 saturated carbocycles. The van der Waals surface area contributed by atoms with Crippen molar-refractivity contribution in [3.8, 4) is 5.75 Å². The predicted octanol–water partition coefficient (Wildman–Crippen LogP) is 3.12. The van der Waals surface area contributed by atoms with Crippen molar-refractivity contribution in [3.63, 3.8) is 0 Å². The highest BCUT2D eigenvalue weighted by atomic mass is 19.1. The minimum absolute atomic E-state index is 0.0115. The minimum atomic E-state index is -0.285. The second-order valence-electron chi connectivity index (χ2n) is 5.00. The highest BCUT2D eigenvalue weighted by Gasteiger charge is 2.10. The first-order chi connectivity index (χ1) is 10.1. The van der Waals surface area contributed by atoms with Gasteiger partial charge in [0.05, 0.1) is 0 Å². The zero-order valence-corrected chi connectivity index (χ0v) is 11.9. The van der Waals surface area contributed by atoms with Gasteiger partial charge in [-0.1, -0.05) is 30.3 Å². The third-order valence-electron chi connectivity index (χ3n) is 3.36. The van der Waals surface area contributed by atoms with Crippen molar-refractivity contribution in [3.05, 3.63) is 65.5 Å². The third kappa shape index (κ3) is 4.31. The Hall–Kier alpha value is -2.36. The molecule has 0 saturated heterocycles. The zero-order chi connectivity index (χ0) is 15.2. The number of rotatable bonds is 5. The van der Waals surface area contributed by atoms with E-state index in [4.69, 9.17) is 0 Å². The van der Waals surface area contributed by atoms with Crippen LogP contribution in [-0.4, -0.2) is 23.0 Å². The van der Waals surface area contributed by atoms with Gasteiger partial charge in [0.15, 0.2) is 0 Å². The minimum Gasteiger partial charge on any atom is -0.508 e. The number of nitrogens with zero attached hydrogens (tertiary/aromatic N) is 1. The number of phenols is 1. The Bertz CT molecular complexity index is 610. The first-order valence-electron chi connectivity index (χ1n) is 6.81. The van der Waals surface area contributed by atoms with Gasteiger partial charge in [-0.3, -0.25) is 4.79 Å². The van der Waals surface area contributed by atoms with E-state index in [1.807, 2.05) is 12.1 Å². The predicted molar refractivity (Wildman–Crippen MR) is 79.3 cm³/mol. The standard InChI is InChI=1S/C17H18FNO2/c1-19(12-13-6-9-15(18)10-7-13)17(21)11-8-14-4-2-3-5-16(14)20/h2-7,9-10,20H,8,11-12H2,1H3. The van der Waals surface area contributed by atoms with E-state index in [1.165, 1.54) is 12.1 Å². The Balaban J connectivity index is 1.88. The molecule has 0 bridgehead atoms. The lowest BCUT2D eigenvalue weighted by Gasteiger charge is -2.17. The Kier molecular flexibility index (Phi) is 4.93. The highest BCUT2D eigenvalue weighted by Crippen LogP contribution is 2.17. The topological polar surface area (TPSA) is 40.5 Å². The van der Waals surface area contributed by atoms with E-state index in [9.17, 15) is 14.3 Å². The van der Waals surface area contributed by atoms with Crippen LogP contribution in [0.15, 0.2) is 48.5 Å². The Morgan fingerprint density at radius 1 is 1.14 bits per heavy atom. The molecule has 110 valence electrons. The van der Waals surface area contributed by atoms with Crippen molar-refractivity contribution in [1.29, 1.82) is 0 Å². The lowest BCUT2D eigenvalue weighted by atomic mass is 10.1. The van der Waals surface area contributed by atoms with Gasteiger partial charge < -0.3 is 10.0 Å². The molecule has 2 aromatic carbocycles. The molecule has 3 nitrogen and oxygen atoms in total. The first kappa shape index (κ1) is 15.0. The molecule has 0 aliphatic heterocycles. The van der Waals surface area contributed by atoms with Gasteiger partial charge in [-0.05, 0) is 35.7 Å². The molecule has 1 N–H and O–H groups in total. The summed E-state index contributed by atoms with van der Waals surface area (Å²) in [5.74, 6) is -0.0821. The quantitative estimate of drug-likeness (QED) is 0.918. The number of hydrogen-bond donors (Lipinski definition) is 1. The Morgan fingerprint density at radius 2 is 1.81 bits per heavy atom. The molecule has 0 radical (unpaired) electrons. The average Bonchev–Trinajstić information content (AvgIpc) is 2.48. The number of para-hydroxylation sites is 1. The van der Waals surface area contributed by atoms with Crippen LogP contribution in [0.25, 0.3) is 0 Å². The number of phenolic OH excluding ortho intramolecular Hbond substituents is 1. The number of benzene rings is 2. The normalized spacial score (nSPS) is 10.4. The van der Waals surface area contributed by atoms with Crippen LogP contribution >= 0.6 is 0 Å². The Labute approximate surface area is 123 Å². The highest BCUT2D eigenvalue weighted by molar-refractivity contribution is 5.76. The van der Waals surface area contributed by atoms with Gasteiger partial charge >= 0.3 is 0 Å². The van der Waals surface area contributed by atoms with E-state index in [1.54, 1.807) is 36.2 Å². The van der Waals surface area contributed by atoms with Crippen molar-refractivity contribution in [2.75, 3.05) is 7.05 Å². The number of hydrogen-bond acceptors (Lipinski definition) is 2. The lowest BCUT2D eigenvalue weighted by Crippen LogP contribution is -2.26.